The fourth-order valence-electron chi connectivity index (χ4n) is 2.81. The van der Waals surface area contributed by atoms with Crippen LogP contribution in [0.3, 0.4) is 0 Å². The zero-order chi connectivity index (χ0) is 20.5. The van der Waals surface area contributed by atoms with E-state index in [2.05, 4.69) is 20.0 Å². The molecule has 9 heteroatoms. The number of halogens is 2. The number of furan rings is 1. The van der Waals surface area contributed by atoms with Crippen molar-refractivity contribution in [3.63, 3.8) is 0 Å². The number of benzene rings is 1. The molecule has 0 aliphatic carbocycles. The number of nitrogens with zero attached hydrogens (tertiary/aromatic N) is 2. The van der Waals surface area contributed by atoms with Crippen LogP contribution in [0.5, 0.6) is 5.75 Å². The van der Waals surface area contributed by atoms with Crippen LogP contribution >= 0.6 is 11.3 Å². The number of aromatic nitrogens is 2. The standard InChI is InChI=1S/C20H15F2N3O3S/c1-10-3-8-15-14(23-10)9-16(28-15)18(26)25-20-24-17(11(2)29-20)12-4-6-13(7-5-12)27-19(21)22/h3-9,19H,1-2H3,(H,24,25,26). The summed E-state index contributed by atoms with van der Waals surface area (Å²) in [6.45, 7) is 0.847. The molecule has 0 unspecified atom stereocenters. The van der Waals surface area contributed by atoms with Gasteiger partial charge in [0.05, 0.1) is 5.69 Å². The van der Waals surface area contributed by atoms with Crippen molar-refractivity contribution in [2.75, 3.05) is 5.32 Å². The number of ether oxygens (including phenoxy) is 1. The Labute approximate surface area is 168 Å². The fourth-order valence-corrected chi connectivity index (χ4v) is 3.64. The lowest BCUT2D eigenvalue weighted by molar-refractivity contribution is -0.0498. The second kappa shape index (κ2) is 7.59. The number of pyridine rings is 1. The summed E-state index contributed by atoms with van der Waals surface area (Å²) in [5.74, 6) is -0.221. The lowest BCUT2D eigenvalue weighted by atomic mass is 10.1. The van der Waals surface area contributed by atoms with Crippen molar-refractivity contribution < 1.29 is 22.7 Å². The van der Waals surface area contributed by atoms with Gasteiger partial charge in [-0.1, -0.05) is 0 Å². The molecule has 29 heavy (non-hydrogen) atoms. The molecule has 0 bridgehead atoms. The molecule has 6 nitrogen and oxygen atoms in total. The first kappa shape index (κ1) is 19.0. The number of fused-ring (bicyclic) bond motifs is 1. The van der Waals surface area contributed by atoms with Crippen LogP contribution in [0.15, 0.2) is 46.9 Å². The van der Waals surface area contributed by atoms with Gasteiger partial charge < -0.3 is 9.15 Å². The third-order valence-corrected chi connectivity index (χ3v) is 4.99. The molecular formula is C20H15F2N3O3S. The van der Waals surface area contributed by atoms with E-state index in [9.17, 15) is 13.6 Å². The highest BCUT2D eigenvalue weighted by Gasteiger charge is 2.17. The van der Waals surface area contributed by atoms with Gasteiger partial charge in [-0.3, -0.25) is 10.1 Å². The molecule has 3 heterocycles. The topological polar surface area (TPSA) is 77.2 Å². The normalized spacial score (nSPS) is 11.2. The van der Waals surface area contributed by atoms with Crippen LogP contribution in [0.25, 0.3) is 22.4 Å². The van der Waals surface area contributed by atoms with Crippen molar-refractivity contribution >= 4 is 33.5 Å². The van der Waals surface area contributed by atoms with E-state index in [1.54, 1.807) is 24.3 Å². The van der Waals surface area contributed by atoms with E-state index < -0.39 is 12.5 Å². The van der Waals surface area contributed by atoms with Gasteiger partial charge in [0.1, 0.15) is 11.3 Å². The maximum Gasteiger partial charge on any atom is 0.387 e. The number of carbonyl (C=O) groups is 1. The Morgan fingerprint density at radius 2 is 1.90 bits per heavy atom. The predicted molar refractivity (Wildman–Crippen MR) is 106 cm³/mol. The first-order valence-corrected chi connectivity index (χ1v) is 9.42. The van der Waals surface area contributed by atoms with Crippen molar-refractivity contribution in [2.45, 2.75) is 20.5 Å². The molecule has 0 atom stereocenters. The summed E-state index contributed by atoms with van der Waals surface area (Å²) in [6, 6.07) is 11.3. The number of alkyl halides is 2. The Morgan fingerprint density at radius 3 is 2.62 bits per heavy atom. The molecule has 0 aliphatic heterocycles. The molecule has 4 rings (SSSR count). The maximum atomic E-state index is 12.5. The summed E-state index contributed by atoms with van der Waals surface area (Å²) in [5, 5.41) is 3.13. The number of carbonyl (C=O) groups excluding carboxylic acids is 1. The van der Waals surface area contributed by atoms with E-state index in [0.717, 1.165) is 16.1 Å². The van der Waals surface area contributed by atoms with E-state index in [0.29, 0.717) is 21.9 Å². The zero-order valence-electron chi connectivity index (χ0n) is 15.4. The average molecular weight is 415 g/mol. The number of rotatable bonds is 5. The molecule has 0 saturated heterocycles. The molecule has 4 aromatic rings. The van der Waals surface area contributed by atoms with Gasteiger partial charge in [0, 0.05) is 22.2 Å². The third kappa shape index (κ3) is 4.09. The van der Waals surface area contributed by atoms with Gasteiger partial charge in [0.15, 0.2) is 16.5 Å². The molecule has 1 amide bonds. The first-order chi connectivity index (χ1) is 13.9. The monoisotopic (exact) mass is 415 g/mol. The number of hydrogen-bond donors (Lipinski definition) is 1. The third-order valence-electron chi connectivity index (χ3n) is 4.11. The van der Waals surface area contributed by atoms with Crippen molar-refractivity contribution in [3.05, 3.63) is 58.8 Å². The highest BCUT2D eigenvalue weighted by molar-refractivity contribution is 7.16. The molecule has 1 N–H and O–H groups in total. The van der Waals surface area contributed by atoms with Crippen LogP contribution in [0.1, 0.15) is 21.1 Å². The van der Waals surface area contributed by atoms with Crippen LogP contribution in [0.4, 0.5) is 13.9 Å². The molecule has 0 fully saturated rings. The van der Waals surface area contributed by atoms with Gasteiger partial charge in [0.25, 0.3) is 5.91 Å². The summed E-state index contributed by atoms with van der Waals surface area (Å²) in [4.78, 5) is 22.2. The SMILES string of the molecule is Cc1ccc2oc(C(=O)Nc3nc(-c4ccc(OC(F)F)cc4)c(C)s3)cc2n1. The van der Waals surface area contributed by atoms with Gasteiger partial charge in [-0.2, -0.15) is 8.78 Å². The second-order valence-corrected chi connectivity index (χ2v) is 7.43. The van der Waals surface area contributed by atoms with E-state index in [4.69, 9.17) is 4.42 Å². The predicted octanol–water partition coefficient (Wildman–Crippen LogP) is 5.42. The van der Waals surface area contributed by atoms with E-state index in [-0.39, 0.29) is 11.5 Å². The highest BCUT2D eigenvalue weighted by Crippen LogP contribution is 2.32. The van der Waals surface area contributed by atoms with Gasteiger partial charge in [-0.25, -0.2) is 9.97 Å². The summed E-state index contributed by atoms with van der Waals surface area (Å²) in [5.41, 5.74) is 3.34. The summed E-state index contributed by atoms with van der Waals surface area (Å²) in [7, 11) is 0. The Kier molecular flexibility index (Phi) is 4.98. The van der Waals surface area contributed by atoms with Gasteiger partial charge >= 0.3 is 6.61 Å². The number of aryl methyl sites for hydroxylation is 2. The molecule has 0 spiro atoms. The van der Waals surface area contributed by atoms with E-state index in [1.165, 1.54) is 23.5 Å². The minimum atomic E-state index is -2.87. The summed E-state index contributed by atoms with van der Waals surface area (Å²) < 4.78 is 34.5. The summed E-state index contributed by atoms with van der Waals surface area (Å²) in [6.07, 6.45) is 0. The number of nitrogens with one attached hydrogen (secondary N) is 1. The van der Waals surface area contributed by atoms with Gasteiger partial charge in [-0.15, -0.1) is 11.3 Å². The minimum Gasteiger partial charge on any atom is -0.449 e. The van der Waals surface area contributed by atoms with E-state index in [1.807, 2.05) is 19.9 Å². The van der Waals surface area contributed by atoms with E-state index >= 15 is 0 Å². The number of thiazole rings is 1. The van der Waals surface area contributed by atoms with Gasteiger partial charge in [0.2, 0.25) is 0 Å². The number of amides is 1. The first-order valence-electron chi connectivity index (χ1n) is 8.60. The molecule has 3 aromatic heterocycles. The number of hydrogen-bond acceptors (Lipinski definition) is 6. The zero-order valence-corrected chi connectivity index (χ0v) is 16.2. The fraction of sp³-hybridized carbons (Fsp3) is 0.150. The molecule has 148 valence electrons. The van der Waals surface area contributed by atoms with Crippen LogP contribution in [0.2, 0.25) is 0 Å². The van der Waals surface area contributed by atoms with Gasteiger partial charge in [-0.05, 0) is 50.2 Å². The van der Waals surface area contributed by atoms with Crippen LogP contribution < -0.4 is 10.1 Å². The van der Waals surface area contributed by atoms with Crippen LogP contribution in [-0.4, -0.2) is 22.5 Å². The van der Waals surface area contributed by atoms with Crippen molar-refractivity contribution in [1.82, 2.24) is 9.97 Å². The summed E-state index contributed by atoms with van der Waals surface area (Å²) >= 11 is 1.30. The smallest absolute Gasteiger partial charge is 0.387 e. The Balaban J connectivity index is 1.53. The lowest BCUT2D eigenvalue weighted by Crippen LogP contribution is -2.10. The molecule has 0 radical (unpaired) electrons. The van der Waals surface area contributed by atoms with Crippen LogP contribution in [-0.2, 0) is 0 Å². The molecule has 0 saturated carbocycles. The quantitative estimate of drug-likeness (QED) is 0.471. The molecule has 0 aliphatic rings. The Hall–Kier alpha value is -3.33. The van der Waals surface area contributed by atoms with Crippen molar-refractivity contribution in [2.24, 2.45) is 0 Å². The Morgan fingerprint density at radius 1 is 1.14 bits per heavy atom. The lowest BCUT2D eigenvalue weighted by Gasteiger charge is -2.05. The van der Waals surface area contributed by atoms with Crippen LogP contribution in [0, 0.1) is 13.8 Å². The van der Waals surface area contributed by atoms with Crippen molar-refractivity contribution in [1.29, 1.82) is 0 Å². The van der Waals surface area contributed by atoms with Crippen molar-refractivity contribution in [3.8, 4) is 17.0 Å². The highest BCUT2D eigenvalue weighted by atomic mass is 32.1. The Bertz CT molecular complexity index is 1190. The second-order valence-electron chi connectivity index (χ2n) is 6.23. The maximum absolute atomic E-state index is 12.5. The molecular weight excluding hydrogens is 400 g/mol. The number of anilines is 1. The minimum absolute atomic E-state index is 0.0684. The molecule has 1 aromatic carbocycles. The largest absolute Gasteiger partial charge is 0.449 e. The average Bonchev–Trinajstić information content (AvgIpc) is 3.25.